The van der Waals surface area contributed by atoms with Gasteiger partial charge in [0.25, 0.3) is 5.69 Å². The third-order valence-corrected chi connectivity index (χ3v) is 7.73. The van der Waals surface area contributed by atoms with E-state index >= 15 is 0 Å². The van der Waals surface area contributed by atoms with E-state index in [1.807, 2.05) is 6.07 Å². The number of esters is 1. The molecule has 0 amide bonds. The summed E-state index contributed by atoms with van der Waals surface area (Å²) in [6.07, 6.45) is -3.28. The number of non-ortho nitro benzene ring substituents is 1. The van der Waals surface area contributed by atoms with Crippen molar-refractivity contribution in [2.45, 2.75) is 37.3 Å². The van der Waals surface area contributed by atoms with Gasteiger partial charge in [0.05, 0.1) is 23.1 Å². The number of likely N-dealkylation sites (tertiary alicyclic amines) is 1. The molecule has 0 spiro atoms. The Bertz CT molecular complexity index is 1620. The van der Waals surface area contributed by atoms with E-state index < -0.39 is 29.2 Å². The van der Waals surface area contributed by atoms with Crippen LogP contribution in [0.25, 0.3) is 10.9 Å². The zero-order valence-corrected chi connectivity index (χ0v) is 23.3. The Labute approximate surface area is 245 Å². The van der Waals surface area contributed by atoms with Gasteiger partial charge < -0.3 is 19.1 Å². The van der Waals surface area contributed by atoms with E-state index in [-0.39, 0.29) is 47.9 Å². The Balaban J connectivity index is 1.39. The molecule has 226 valence electrons. The van der Waals surface area contributed by atoms with Crippen molar-refractivity contribution < 1.29 is 37.5 Å². The zero-order valence-electron chi connectivity index (χ0n) is 23.3. The Morgan fingerprint density at radius 2 is 1.77 bits per heavy atom. The highest BCUT2D eigenvalue weighted by molar-refractivity contribution is 5.89. The number of carbonyl (C=O) groups is 1. The van der Waals surface area contributed by atoms with Crippen LogP contribution in [0.3, 0.4) is 0 Å². The zero-order chi connectivity index (χ0) is 30.8. The van der Waals surface area contributed by atoms with Crippen molar-refractivity contribution >= 4 is 22.6 Å². The molecule has 0 aliphatic carbocycles. The molecule has 1 fully saturated rings. The molecule has 1 unspecified atom stereocenters. The van der Waals surface area contributed by atoms with Gasteiger partial charge in [-0.2, -0.15) is 13.2 Å². The predicted molar refractivity (Wildman–Crippen MR) is 152 cm³/mol. The second kappa shape index (κ2) is 12.1. The maximum atomic E-state index is 14.8. The fourth-order valence-corrected chi connectivity index (χ4v) is 5.48. The van der Waals surface area contributed by atoms with Crippen LogP contribution in [0.4, 0.5) is 18.9 Å². The van der Waals surface area contributed by atoms with E-state index in [0.717, 1.165) is 11.6 Å². The summed E-state index contributed by atoms with van der Waals surface area (Å²) in [7, 11) is 1.28. The number of nitro groups is 1. The van der Waals surface area contributed by atoms with Crippen LogP contribution in [-0.4, -0.2) is 64.5 Å². The minimum atomic E-state index is -5.04. The average Bonchev–Trinajstić information content (AvgIpc) is 3.35. The Kier molecular flexibility index (Phi) is 8.43. The molecule has 1 atom stereocenters. The van der Waals surface area contributed by atoms with Crippen LogP contribution in [0.2, 0.25) is 0 Å². The highest BCUT2D eigenvalue weighted by Crippen LogP contribution is 2.44. The van der Waals surface area contributed by atoms with E-state index in [4.69, 9.17) is 9.47 Å². The first kappa shape index (κ1) is 30.1. The SMILES string of the molecule is COC(=O)c1cccc(OC2CCN(CC(O)(c3cn(Cc4ccccc4)c4cc([N+](=O)[O-])ccc34)C(F)(F)F)CC2)c1. The van der Waals surface area contributed by atoms with Gasteiger partial charge in [0, 0.05) is 55.5 Å². The molecular weight excluding hydrogens is 567 g/mol. The van der Waals surface area contributed by atoms with E-state index in [0.29, 0.717) is 24.2 Å². The van der Waals surface area contributed by atoms with Crippen LogP contribution < -0.4 is 4.74 Å². The van der Waals surface area contributed by atoms with E-state index in [1.165, 1.54) is 30.0 Å². The maximum absolute atomic E-state index is 14.8. The van der Waals surface area contributed by atoms with Crippen LogP contribution >= 0.6 is 0 Å². The number of halogens is 3. The van der Waals surface area contributed by atoms with Crippen molar-refractivity contribution in [3.8, 4) is 5.75 Å². The summed E-state index contributed by atoms with van der Waals surface area (Å²) in [4.78, 5) is 24.2. The van der Waals surface area contributed by atoms with E-state index in [1.54, 1.807) is 53.4 Å². The molecule has 1 saturated heterocycles. The third kappa shape index (κ3) is 6.35. The molecule has 1 aliphatic heterocycles. The van der Waals surface area contributed by atoms with Crippen LogP contribution in [0.5, 0.6) is 5.75 Å². The van der Waals surface area contributed by atoms with E-state index in [2.05, 4.69) is 0 Å². The molecular formula is C31H30F3N3O6. The number of fused-ring (bicyclic) bond motifs is 1. The Morgan fingerprint density at radius 3 is 2.42 bits per heavy atom. The maximum Gasteiger partial charge on any atom is 0.422 e. The number of ether oxygens (including phenoxy) is 2. The fraction of sp³-hybridized carbons (Fsp3) is 0.323. The molecule has 4 aromatic rings. The summed E-state index contributed by atoms with van der Waals surface area (Å²) >= 11 is 0. The van der Waals surface area contributed by atoms with Gasteiger partial charge in [-0.05, 0) is 42.7 Å². The van der Waals surface area contributed by atoms with Crippen molar-refractivity contribution in [3.05, 3.63) is 106 Å². The predicted octanol–water partition coefficient (Wildman–Crippen LogP) is 5.68. The highest BCUT2D eigenvalue weighted by atomic mass is 19.4. The van der Waals surface area contributed by atoms with Gasteiger partial charge in [0.15, 0.2) is 0 Å². The first-order valence-corrected chi connectivity index (χ1v) is 13.7. The number of hydrogen-bond acceptors (Lipinski definition) is 7. The number of alkyl halides is 3. The standard InChI is InChI=1S/C31H30F3N3O6/c1-42-29(38)22-8-5-9-25(16-22)43-24-12-14-35(15-13-24)20-30(39,31(32,33)34)27-19-36(18-21-6-3-2-4-7-21)28-17-23(37(40)41)10-11-26(27)28/h2-11,16-17,19,24,39H,12-15,18,20H2,1H3. The molecule has 43 heavy (non-hydrogen) atoms. The largest absolute Gasteiger partial charge is 0.490 e. The number of piperidine rings is 1. The molecule has 2 heterocycles. The van der Waals surface area contributed by atoms with Crippen LogP contribution in [0.1, 0.15) is 34.3 Å². The summed E-state index contributed by atoms with van der Waals surface area (Å²) < 4.78 is 56.5. The van der Waals surface area contributed by atoms with Gasteiger partial charge in [-0.3, -0.25) is 15.0 Å². The monoisotopic (exact) mass is 597 g/mol. The van der Waals surface area contributed by atoms with Gasteiger partial charge >= 0.3 is 12.1 Å². The number of carbonyl (C=O) groups excluding carboxylic acids is 1. The van der Waals surface area contributed by atoms with Crippen molar-refractivity contribution in [1.82, 2.24) is 9.47 Å². The molecule has 12 heteroatoms. The minimum Gasteiger partial charge on any atom is -0.490 e. The minimum absolute atomic E-state index is 0.0880. The van der Waals surface area contributed by atoms with E-state index in [9.17, 15) is 33.2 Å². The lowest BCUT2D eigenvalue weighted by molar-refractivity contribution is -0.384. The van der Waals surface area contributed by atoms with Gasteiger partial charge in [0.1, 0.15) is 11.9 Å². The average molecular weight is 598 g/mol. The summed E-state index contributed by atoms with van der Waals surface area (Å²) in [5, 5.41) is 23.0. The molecule has 1 aromatic heterocycles. The molecule has 0 bridgehead atoms. The molecule has 1 aliphatic rings. The number of β-amino-alcohol motifs (C(OH)–C–C–N with tert-alkyl or cyclic N) is 1. The van der Waals surface area contributed by atoms with Crippen molar-refractivity contribution in [3.63, 3.8) is 0 Å². The first-order chi connectivity index (χ1) is 20.5. The summed E-state index contributed by atoms with van der Waals surface area (Å²) in [6.45, 7) is -0.101. The Hall–Kier alpha value is -4.42. The number of nitrogens with zero attached hydrogens (tertiary/aromatic N) is 3. The number of benzene rings is 3. The second-order valence-corrected chi connectivity index (χ2v) is 10.6. The molecule has 1 N–H and O–H groups in total. The fourth-order valence-electron chi connectivity index (χ4n) is 5.48. The number of aliphatic hydroxyl groups is 1. The number of hydrogen-bond donors (Lipinski definition) is 1. The summed E-state index contributed by atoms with van der Waals surface area (Å²) in [5.41, 5.74) is -2.54. The van der Waals surface area contributed by atoms with Gasteiger partial charge in [-0.25, -0.2) is 4.79 Å². The lowest BCUT2D eigenvalue weighted by Crippen LogP contribution is -2.53. The summed E-state index contributed by atoms with van der Waals surface area (Å²) in [5.74, 6) is -0.0556. The smallest absolute Gasteiger partial charge is 0.422 e. The normalized spacial score (nSPS) is 16.1. The number of methoxy groups -OCH3 is 1. The van der Waals surface area contributed by atoms with Crippen molar-refractivity contribution in [2.24, 2.45) is 0 Å². The van der Waals surface area contributed by atoms with Gasteiger partial charge in [-0.1, -0.05) is 36.4 Å². The number of aromatic nitrogens is 1. The van der Waals surface area contributed by atoms with Crippen molar-refractivity contribution in [1.29, 1.82) is 0 Å². The lowest BCUT2D eigenvalue weighted by atomic mass is 9.91. The molecule has 0 radical (unpaired) electrons. The summed E-state index contributed by atoms with van der Waals surface area (Å²) in [6, 6.07) is 19.1. The van der Waals surface area contributed by atoms with Crippen LogP contribution in [0.15, 0.2) is 79.0 Å². The van der Waals surface area contributed by atoms with Crippen LogP contribution in [-0.2, 0) is 16.9 Å². The van der Waals surface area contributed by atoms with Gasteiger partial charge in [0.2, 0.25) is 5.60 Å². The molecule has 0 saturated carbocycles. The van der Waals surface area contributed by atoms with Crippen LogP contribution in [0, 0.1) is 10.1 Å². The van der Waals surface area contributed by atoms with Gasteiger partial charge in [-0.15, -0.1) is 0 Å². The Morgan fingerprint density at radius 1 is 1.05 bits per heavy atom. The lowest BCUT2D eigenvalue weighted by Gasteiger charge is -2.39. The highest BCUT2D eigenvalue weighted by Gasteiger charge is 2.57. The first-order valence-electron chi connectivity index (χ1n) is 13.7. The van der Waals surface area contributed by atoms with Crippen molar-refractivity contribution in [2.75, 3.05) is 26.7 Å². The third-order valence-electron chi connectivity index (χ3n) is 7.73. The molecule has 5 rings (SSSR count). The number of nitro benzene ring substituents is 1. The number of rotatable bonds is 9. The topological polar surface area (TPSA) is 107 Å². The molecule has 9 nitrogen and oxygen atoms in total. The quantitative estimate of drug-likeness (QED) is 0.150. The second-order valence-electron chi connectivity index (χ2n) is 10.6. The molecule has 3 aromatic carbocycles.